The molecule has 4 aromatic rings. The maximum atomic E-state index is 5.90. The Morgan fingerprint density at radius 3 is 1.36 bits per heavy atom. The van der Waals surface area contributed by atoms with Gasteiger partial charge in [-0.1, -0.05) is 102 Å². The number of hydrogen-bond acceptors (Lipinski definition) is 2. The summed E-state index contributed by atoms with van der Waals surface area (Å²) in [5, 5.41) is 1.40. The van der Waals surface area contributed by atoms with Gasteiger partial charge in [-0.2, -0.15) is 0 Å². The van der Waals surface area contributed by atoms with Gasteiger partial charge >= 0.3 is 0 Å². The van der Waals surface area contributed by atoms with E-state index in [0.717, 1.165) is 32.9 Å². The Labute approximate surface area is 199 Å². The Kier molecular flexibility index (Phi) is 7.57. The summed E-state index contributed by atoms with van der Waals surface area (Å²) in [6.45, 7) is 0.594. The lowest BCUT2D eigenvalue weighted by molar-refractivity contribution is 0.306. The molecule has 33 heavy (non-hydrogen) atoms. The first-order valence-electron chi connectivity index (χ1n) is 11.1. The van der Waals surface area contributed by atoms with Gasteiger partial charge < -0.3 is 9.47 Å². The highest BCUT2D eigenvalue weighted by molar-refractivity contribution is 6.32. The highest BCUT2D eigenvalue weighted by atomic mass is 28.1. The lowest BCUT2D eigenvalue weighted by Crippen LogP contribution is -2.02. The zero-order valence-electron chi connectivity index (χ0n) is 19.1. The summed E-state index contributed by atoms with van der Waals surface area (Å²) in [6.07, 6.45) is 8.47. The van der Waals surface area contributed by atoms with Crippen LogP contribution in [-0.2, 0) is 6.61 Å². The summed E-state index contributed by atoms with van der Waals surface area (Å²) >= 11 is 0. The second-order valence-corrected chi connectivity index (χ2v) is 9.10. The fourth-order valence-corrected chi connectivity index (χ4v) is 3.68. The smallest absolute Gasteiger partial charge is 0.119 e. The molecule has 0 fully saturated rings. The van der Waals surface area contributed by atoms with Gasteiger partial charge in [0.1, 0.15) is 18.1 Å². The second kappa shape index (κ2) is 11.2. The van der Waals surface area contributed by atoms with Crippen molar-refractivity contribution in [1.82, 2.24) is 0 Å². The third kappa shape index (κ3) is 6.83. The fourth-order valence-electron chi connectivity index (χ4n) is 3.34. The van der Waals surface area contributed by atoms with Crippen molar-refractivity contribution in [2.24, 2.45) is 0 Å². The molecule has 0 aliphatic carbocycles. The summed E-state index contributed by atoms with van der Waals surface area (Å²) in [4.78, 5) is 0. The average molecular weight is 449 g/mol. The average Bonchev–Trinajstić information content (AvgIpc) is 2.87. The summed E-state index contributed by atoms with van der Waals surface area (Å²) in [5.41, 5.74) is 5.82. The molecule has 0 aliphatic heterocycles. The zero-order chi connectivity index (χ0) is 22.9. The summed E-state index contributed by atoms with van der Waals surface area (Å²) < 4.78 is 11.1. The van der Waals surface area contributed by atoms with E-state index in [4.69, 9.17) is 9.47 Å². The quantitative estimate of drug-likeness (QED) is 0.258. The van der Waals surface area contributed by atoms with Crippen LogP contribution in [0.2, 0.25) is 0 Å². The molecule has 0 saturated carbocycles. The van der Waals surface area contributed by atoms with Crippen LogP contribution < -0.4 is 14.7 Å². The molecule has 2 nitrogen and oxygen atoms in total. The molecule has 0 saturated heterocycles. The third-order valence-corrected chi connectivity index (χ3v) is 6.06. The summed E-state index contributed by atoms with van der Waals surface area (Å²) in [5.74, 6) is 1.75. The molecule has 0 aromatic heterocycles. The molecule has 0 radical (unpaired) electrons. The van der Waals surface area contributed by atoms with Crippen molar-refractivity contribution in [3.8, 4) is 11.5 Å². The number of methoxy groups -OCH3 is 1. The molecular formula is C30H28O2Si. The van der Waals surface area contributed by atoms with Crippen LogP contribution in [0.4, 0.5) is 0 Å². The highest BCUT2D eigenvalue weighted by Gasteiger charge is 1.97. The Morgan fingerprint density at radius 2 is 0.939 bits per heavy atom. The van der Waals surface area contributed by atoms with Gasteiger partial charge in [0.25, 0.3) is 0 Å². The van der Waals surface area contributed by atoms with Gasteiger partial charge in [-0.15, -0.1) is 0 Å². The van der Waals surface area contributed by atoms with E-state index < -0.39 is 0 Å². The van der Waals surface area contributed by atoms with Crippen molar-refractivity contribution in [1.29, 1.82) is 0 Å². The predicted octanol–water partition coefficient (Wildman–Crippen LogP) is 5.61. The SMILES string of the molecule is COc1ccc(/C=C/c2ccc(/C=C/c3ccc(OCc4ccc([SiH3])cc4)cc3)cc2)cc1. The van der Waals surface area contributed by atoms with Gasteiger partial charge in [-0.25, -0.2) is 0 Å². The maximum Gasteiger partial charge on any atom is 0.119 e. The van der Waals surface area contributed by atoms with E-state index in [1.807, 2.05) is 36.4 Å². The highest BCUT2D eigenvalue weighted by Crippen LogP contribution is 2.17. The molecule has 4 rings (SSSR count). The van der Waals surface area contributed by atoms with Crippen LogP contribution >= 0.6 is 0 Å². The zero-order valence-corrected chi connectivity index (χ0v) is 21.1. The minimum Gasteiger partial charge on any atom is -0.497 e. The molecule has 164 valence electrons. The predicted molar refractivity (Wildman–Crippen MR) is 144 cm³/mol. The molecule has 0 aliphatic rings. The Morgan fingerprint density at radius 1 is 0.545 bits per heavy atom. The van der Waals surface area contributed by atoms with Crippen LogP contribution in [0.1, 0.15) is 27.8 Å². The van der Waals surface area contributed by atoms with Crippen molar-refractivity contribution in [2.45, 2.75) is 6.61 Å². The lowest BCUT2D eigenvalue weighted by Gasteiger charge is -2.07. The number of rotatable bonds is 8. The number of ether oxygens (including phenoxy) is 2. The molecule has 0 N–H and O–H groups in total. The first-order chi connectivity index (χ1) is 16.2. The van der Waals surface area contributed by atoms with E-state index in [9.17, 15) is 0 Å². The minimum atomic E-state index is 0.594. The van der Waals surface area contributed by atoms with E-state index in [-0.39, 0.29) is 0 Å². The van der Waals surface area contributed by atoms with E-state index in [1.54, 1.807) is 7.11 Å². The van der Waals surface area contributed by atoms with Crippen LogP contribution in [0, 0.1) is 0 Å². The van der Waals surface area contributed by atoms with E-state index in [1.165, 1.54) is 21.9 Å². The van der Waals surface area contributed by atoms with Crippen LogP contribution in [0.15, 0.2) is 97.1 Å². The molecule has 0 heterocycles. The normalized spacial score (nSPS) is 11.3. The van der Waals surface area contributed by atoms with Crippen molar-refractivity contribution in [3.05, 3.63) is 125 Å². The van der Waals surface area contributed by atoms with Crippen LogP contribution in [0.3, 0.4) is 0 Å². The van der Waals surface area contributed by atoms with Crippen LogP contribution in [0.5, 0.6) is 11.5 Å². The van der Waals surface area contributed by atoms with Gasteiger partial charge in [0.15, 0.2) is 0 Å². The second-order valence-electron chi connectivity index (χ2n) is 7.95. The minimum absolute atomic E-state index is 0.594. The van der Waals surface area contributed by atoms with Crippen molar-refractivity contribution >= 4 is 39.7 Å². The Hall–Kier alpha value is -3.82. The largest absolute Gasteiger partial charge is 0.497 e. The van der Waals surface area contributed by atoms with E-state index in [0.29, 0.717) is 6.61 Å². The standard InChI is InChI=1S/C30H28O2Si/c1-31-28-16-10-25(11-17-28)8-6-23-2-4-24(5-3-23)7-9-26-12-18-29(19-13-26)32-22-27-14-20-30(33)21-15-27/h2-21H,22H2,1,33H3/b8-6+,9-7+. The lowest BCUT2D eigenvalue weighted by atomic mass is 10.1. The maximum absolute atomic E-state index is 5.90. The van der Waals surface area contributed by atoms with Gasteiger partial charge in [0.2, 0.25) is 0 Å². The van der Waals surface area contributed by atoms with Crippen molar-refractivity contribution in [2.75, 3.05) is 7.11 Å². The van der Waals surface area contributed by atoms with Gasteiger partial charge in [0.05, 0.1) is 7.11 Å². The molecule has 0 spiro atoms. The van der Waals surface area contributed by atoms with E-state index in [2.05, 4.69) is 85.0 Å². The van der Waals surface area contributed by atoms with E-state index >= 15 is 0 Å². The number of benzene rings is 4. The van der Waals surface area contributed by atoms with Crippen LogP contribution in [0.25, 0.3) is 24.3 Å². The van der Waals surface area contributed by atoms with Gasteiger partial charge in [-0.3, -0.25) is 0 Å². The molecule has 4 aromatic carbocycles. The third-order valence-electron chi connectivity index (χ3n) is 5.39. The van der Waals surface area contributed by atoms with Crippen molar-refractivity contribution in [3.63, 3.8) is 0 Å². The number of hydrogen-bond donors (Lipinski definition) is 0. The van der Waals surface area contributed by atoms with Gasteiger partial charge in [-0.05, 0) is 52.1 Å². The Balaban J connectivity index is 1.30. The van der Waals surface area contributed by atoms with Gasteiger partial charge in [0, 0.05) is 10.2 Å². The monoisotopic (exact) mass is 448 g/mol. The molecule has 0 unspecified atom stereocenters. The molecule has 0 amide bonds. The Bertz CT molecular complexity index is 1200. The first-order valence-corrected chi connectivity index (χ1v) is 12.1. The summed E-state index contributed by atoms with van der Waals surface area (Å²) in [7, 11) is 2.76. The topological polar surface area (TPSA) is 18.5 Å². The van der Waals surface area contributed by atoms with Crippen LogP contribution in [-0.4, -0.2) is 17.4 Å². The summed E-state index contributed by atoms with van der Waals surface area (Å²) in [6, 6.07) is 33.4. The molecule has 3 heteroatoms. The fraction of sp³-hybridized carbons (Fsp3) is 0.0667. The van der Waals surface area contributed by atoms with Crippen molar-refractivity contribution < 1.29 is 9.47 Å². The molecular weight excluding hydrogens is 420 g/mol. The molecule has 0 bridgehead atoms. The first kappa shape index (κ1) is 22.4. The molecule has 0 atom stereocenters.